The Morgan fingerprint density at radius 3 is 2.81 bits per heavy atom. The Kier molecular flexibility index (Phi) is 3.62. The minimum atomic E-state index is 0.743. The highest BCUT2D eigenvalue weighted by Crippen LogP contribution is 2.17. The molecule has 0 spiro atoms. The van der Waals surface area contributed by atoms with E-state index >= 15 is 0 Å². The monoisotopic (exact) mass is 280 g/mol. The van der Waals surface area contributed by atoms with Crippen LogP contribution in [0, 0.1) is 0 Å². The van der Waals surface area contributed by atoms with Gasteiger partial charge in [-0.25, -0.2) is 4.98 Å². The molecule has 16 heavy (non-hydrogen) atoms. The lowest BCUT2D eigenvalue weighted by molar-refractivity contribution is 0.503. The Balaban J connectivity index is 2.16. The van der Waals surface area contributed by atoms with E-state index in [0.717, 1.165) is 29.3 Å². The Morgan fingerprint density at radius 1 is 1.31 bits per heavy atom. The zero-order chi connectivity index (χ0) is 11.4. The fourth-order valence-electron chi connectivity index (χ4n) is 1.52. The molecular formula is C12H13BrN2O. The molecule has 0 fully saturated rings. The van der Waals surface area contributed by atoms with Gasteiger partial charge in [-0.05, 0) is 47.1 Å². The van der Waals surface area contributed by atoms with Gasteiger partial charge in [-0.2, -0.15) is 0 Å². The normalized spacial score (nSPS) is 10.4. The van der Waals surface area contributed by atoms with Gasteiger partial charge in [0.2, 0.25) is 0 Å². The summed E-state index contributed by atoms with van der Waals surface area (Å²) in [5.41, 5.74) is 0. The lowest BCUT2D eigenvalue weighted by Crippen LogP contribution is -2.22. The molecule has 0 radical (unpaired) electrons. The average Bonchev–Trinajstić information content (AvgIpc) is 2.78. The Labute approximate surface area is 103 Å². The standard InChI is InChI=1S/C12H13BrN2O/c1-2-15(9-10-5-4-8-16-10)12-7-3-6-11(13)14-12/h3-8H,2,9H2,1H3. The number of furan rings is 1. The fourth-order valence-corrected chi connectivity index (χ4v) is 1.85. The van der Waals surface area contributed by atoms with Crippen molar-refractivity contribution in [2.24, 2.45) is 0 Å². The van der Waals surface area contributed by atoms with Gasteiger partial charge in [0.25, 0.3) is 0 Å². The molecule has 0 saturated heterocycles. The van der Waals surface area contributed by atoms with Crippen molar-refractivity contribution in [1.29, 1.82) is 0 Å². The molecule has 3 nitrogen and oxygen atoms in total. The van der Waals surface area contributed by atoms with Crippen molar-refractivity contribution < 1.29 is 4.42 Å². The van der Waals surface area contributed by atoms with Crippen molar-refractivity contribution in [3.05, 3.63) is 47.0 Å². The van der Waals surface area contributed by atoms with Crippen LogP contribution in [0.1, 0.15) is 12.7 Å². The number of hydrogen-bond donors (Lipinski definition) is 0. The molecule has 0 aliphatic carbocycles. The Hall–Kier alpha value is -1.29. The summed E-state index contributed by atoms with van der Waals surface area (Å²) < 4.78 is 6.19. The van der Waals surface area contributed by atoms with Gasteiger partial charge < -0.3 is 9.32 Å². The third kappa shape index (κ3) is 2.64. The lowest BCUT2D eigenvalue weighted by atomic mass is 10.3. The second kappa shape index (κ2) is 5.16. The summed E-state index contributed by atoms with van der Waals surface area (Å²) >= 11 is 3.38. The molecule has 2 aromatic heterocycles. The van der Waals surface area contributed by atoms with E-state index in [9.17, 15) is 0 Å². The van der Waals surface area contributed by atoms with Gasteiger partial charge in [-0.15, -0.1) is 0 Å². The minimum Gasteiger partial charge on any atom is -0.467 e. The van der Waals surface area contributed by atoms with Crippen molar-refractivity contribution in [1.82, 2.24) is 4.98 Å². The summed E-state index contributed by atoms with van der Waals surface area (Å²) in [4.78, 5) is 6.58. The first kappa shape index (κ1) is 11.2. The second-order valence-electron chi connectivity index (χ2n) is 3.41. The van der Waals surface area contributed by atoms with Crippen molar-refractivity contribution in [2.75, 3.05) is 11.4 Å². The molecule has 0 atom stereocenters. The fraction of sp³-hybridized carbons (Fsp3) is 0.250. The molecule has 84 valence electrons. The summed E-state index contributed by atoms with van der Waals surface area (Å²) in [6, 6.07) is 9.77. The quantitative estimate of drug-likeness (QED) is 0.804. The van der Waals surface area contributed by atoms with Crippen LogP contribution in [0.2, 0.25) is 0 Å². The highest BCUT2D eigenvalue weighted by molar-refractivity contribution is 9.10. The van der Waals surface area contributed by atoms with Crippen molar-refractivity contribution in [3.8, 4) is 0 Å². The summed E-state index contributed by atoms with van der Waals surface area (Å²) in [6.07, 6.45) is 1.69. The summed E-state index contributed by atoms with van der Waals surface area (Å²) in [6.45, 7) is 3.74. The molecule has 0 bridgehead atoms. The topological polar surface area (TPSA) is 29.3 Å². The van der Waals surface area contributed by atoms with Crippen LogP contribution in [-0.4, -0.2) is 11.5 Å². The van der Waals surface area contributed by atoms with E-state index in [0.29, 0.717) is 0 Å². The van der Waals surface area contributed by atoms with Gasteiger partial charge >= 0.3 is 0 Å². The molecule has 0 aromatic carbocycles. The minimum absolute atomic E-state index is 0.743. The third-order valence-electron chi connectivity index (χ3n) is 2.33. The van der Waals surface area contributed by atoms with Crippen LogP contribution in [0.5, 0.6) is 0 Å². The van der Waals surface area contributed by atoms with E-state index in [1.165, 1.54) is 0 Å². The number of halogens is 1. The number of hydrogen-bond acceptors (Lipinski definition) is 3. The Bertz CT molecular complexity index is 442. The maximum absolute atomic E-state index is 5.34. The molecule has 0 N–H and O–H groups in total. The van der Waals surface area contributed by atoms with Crippen LogP contribution < -0.4 is 4.90 Å². The van der Waals surface area contributed by atoms with Crippen LogP contribution in [-0.2, 0) is 6.54 Å². The number of pyridine rings is 1. The van der Waals surface area contributed by atoms with Crippen molar-refractivity contribution in [2.45, 2.75) is 13.5 Å². The summed E-state index contributed by atoms with van der Waals surface area (Å²) in [7, 11) is 0. The molecule has 0 amide bonds. The predicted octanol–water partition coefficient (Wildman–Crippen LogP) is 3.46. The maximum Gasteiger partial charge on any atom is 0.130 e. The van der Waals surface area contributed by atoms with Crippen molar-refractivity contribution in [3.63, 3.8) is 0 Å². The van der Waals surface area contributed by atoms with Gasteiger partial charge in [0.15, 0.2) is 0 Å². The first-order valence-electron chi connectivity index (χ1n) is 5.19. The van der Waals surface area contributed by atoms with E-state index < -0.39 is 0 Å². The van der Waals surface area contributed by atoms with E-state index in [1.54, 1.807) is 6.26 Å². The van der Waals surface area contributed by atoms with Gasteiger partial charge in [0, 0.05) is 6.54 Å². The zero-order valence-corrected chi connectivity index (χ0v) is 10.6. The molecule has 2 aromatic rings. The SMILES string of the molecule is CCN(Cc1ccco1)c1cccc(Br)n1. The molecular weight excluding hydrogens is 268 g/mol. The molecule has 2 rings (SSSR count). The van der Waals surface area contributed by atoms with Crippen LogP contribution in [0.15, 0.2) is 45.6 Å². The van der Waals surface area contributed by atoms with E-state index in [4.69, 9.17) is 4.42 Å². The lowest BCUT2D eigenvalue weighted by Gasteiger charge is -2.20. The number of aromatic nitrogens is 1. The van der Waals surface area contributed by atoms with Gasteiger partial charge in [0.1, 0.15) is 16.2 Å². The van der Waals surface area contributed by atoms with Gasteiger partial charge in [0.05, 0.1) is 12.8 Å². The van der Waals surface area contributed by atoms with Gasteiger partial charge in [-0.3, -0.25) is 0 Å². The third-order valence-corrected chi connectivity index (χ3v) is 2.77. The largest absolute Gasteiger partial charge is 0.467 e. The molecule has 4 heteroatoms. The zero-order valence-electron chi connectivity index (χ0n) is 9.06. The average molecular weight is 281 g/mol. The van der Waals surface area contributed by atoms with E-state index in [2.05, 4.69) is 32.7 Å². The van der Waals surface area contributed by atoms with Crippen molar-refractivity contribution >= 4 is 21.7 Å². The first-order chi connectivity index (χ1) is 7.79. The van der Waals surface area contributed by atoms with Crippen LogP contribution in [0.4, 0.5) is 5.82 Å². The van der Waals surface area contributed by atoms with E-state index in [-0.39, 0.29) is 0 Å². The summed E-state index contributed by atoms with van der Waals surface area (Å²) in [5, 5.41) is 0. The van der Waals surface area contributed by atoms with Gasteiger partial charge in [-0.1, -0.05) is 6.07 Å². The Morgan fingerprint density at radius 2 is 2.19 bits per heavy atom. The van der Waals surface area contributed by atoms with E-state index in [1.807, 2.05) is 30.3 Å². The summed E-state index contributed by atoms with van der Waals surface area (Å²) in [5.74, 6) is 1.90. The second-order valence-corrected chi connectivity index (χ2v) is 4.22. The first-order valence-corrected chi connectivity index (χ1v) is 5.99. The maximum atomic E-state index is 5.34. The smallest absolute Gasteiger partial charge is 0.130 e. The highest BCUT2D eigenvalue weighted by atomic mass is 79.9. The molecule has 0 saturated carbocycles. The number of rotatable bonds is 4. The number of anilines is 1. The van der Waals surface area contributed by atoms with Crippen LogP contribution in [0.25, 0.3) is 0 Å². The molecule has 0 aliphatic rings. The molecule has 0 aliphatic heterocycles. The van der Waals surface area contributed by atoms with Crippen LogP contribution in [0.3, 0.4) is 0 Å². The highest BCUT2D eigenvalue weighted by Gasteiger charge is 2.08. The molecule has 0 unspecified atom stereocenters. The predicted molar refractivity (Wildman–Crippen MR) is 67.4 cm³/mol. The number of nitrogens with zero attached hydrogens (tertiary/aromatic N) is 2. The molecule has 2 heterocycles. The van der Waals surface area contributed by atoms with Crippen LogP contribution >= 0.6 is 15.9 Å².